The van der Waals surface area contributed by atoms with Gasteiger partial charge < -0.3 is 4.90 Å². The minimum atomic E-state index is -0.222. The molecule has 0 N–H and O–H groups in total. The second-order valence-corrected chi connectivity index (χ2v) is 17.4. The Bertz CT molecular complexity index is 2290. The summed E-state index contributed by atoms with van der Waals surface area (Å²) in [5.74, 6) is 0. The monoisotopic (exact) mass is 649 g/mol. The van der Waals surface area contributed by atoms with Crippen LogP contribution in [0.4, 0.5) is 17.1 Å². The fraction of sp³-hybridized carbons (Fsp3) is 0.265. The largest absolute Gasteiger partial charge is 0.310 e. The zero-order chi connectivity index (χ0) is 35.0. The first-order valence-electron chi connectivity index (χ1n) is 18.3. The zero-order valence-electron chi connectivity index (χ0n) is 31.0. The van der Waals surface area contributed by atoms with Crippen molar-refractivity contribution in [1.29, 1.82) is 0 Å². The van der Waals surface area contributed by atoms with E-state index in [-0.39, 0.29) is 21.7 Å². The molecule has 0 spiro atoms. The fourth-order valence-electron chi connectivity index (χ4n) is 10.0. The molecule has 0 heterocycles. The number of anilines is 3. The van der Waals surface area contributed by atoms with Crippen LogP contribution in [0.25, 0.3) is 33.4 Å². The van der Waals surface area contributed by atoms with E-state index < -0.39 is 0 Å². The molecule has 0 saturated heterocycles. The Morgan fingerprint density at radius 1 is 0.420 bits per heavy atom. The van der Waals surface area contributed by atoms with E-state index >= 15 is 0 Å². The lowest BCUT2D eigenvalue weighted by atomic mass is 9.70. The van der Waals surface area contributed by atoms with Gasteiger partial charge in [-0.2, -0.15) is 0 Å². The third-order valence-corrected chi connectivity index (χ3v) is 12.3. The highest BCUT2D eigenvalue weighted by molar-refractivity contribution is 6.03. The molecule has 0 amide bonds. The number of fused-ring (bicyclic) bond motifs is 9. The maximum atomic E-state index is 2.63. The van der Waals surface area contributed by atoms with Crippen molar-refractivity contribution in [2.24, 2.45) is 0 Å². The fourth-order valence-corrected chi connectivity index (χ4v) is 10.0. The summed E-state index contributed by atoms with van der Waals surface area (Å²) >= 11 is 0. The van der Waals surface area contributed by atoms with Crippen LogP contribution in [-0.4, -0.2) is 0 Å². The van der Waals surface area contributed by atoms with Crippen molar-refractivity contribution in [3.63, 3.8) is 0 Å². The van der Waals surface area contributed by atoms with E-state index in [0.29, 0.717) is 0 Å². The molecule has 0 unspecified atom stereocenters. The molecule has 0 fully saturated rings. The standard InChI is InChI=1S/C49H47N/c1-46(2,3)42-40-34-22-14-17-25-37(34)48(6,7)43(40)45(44-41(42)35-23-15-18-26-38(35)49(44,8)9)50(30-19-11-10-12-20-30)31-27-28-33-32-21-13-16-24-36(32)47(4,5)39(33)29-31/h10-29H,1-9H3. The Morgan fingerprint density at radius 2 is 0.860 bits per heavy atom. The Labute approximate surface area is 298 Å². The van der Waals surface area contributed by atoms with Gasteiger partial charge in [0.05, 0.1) is 5.69 Å². The molecule has 0 aliphatic heterocycles. The van der Waals surface area contributed by atoms with E-state index in [2.05, 4.69) is 189 Å². The van der Waals surface area contributed by atoms with Gasteiger partial charge in [-0.15, -0.1) is 0 Å². The van der Waals surface area contributed by atoms with Crippen LogP contribution in [0, 0.1) is 0 Å². The number of hydrogen-bond acceptors (Lipinski definition) is 1. The number of nitrogens with zero attached hydrogens (tertiary/aromatic N) is 1. The summed E-state index contributed by atoms with van der Waals surface area (Å²) in [5, 5.41) is 0. The average molecular weight is 650 g/mol. The molecular formula is C49H47N. The lowest BCUT2D eigenvalue weighted by Crippen LogP contribution is -2.28. The van der Waals surface area contributed by atoms with Gasteiger partial charge in [-0.3, -0.25) is 0 Å². The molecule has 0 radical (unpaired) electrons. The lowest BCUT2D eigenvalue weighted by Gasteiger charge is -2.39. The van der Waals surface area contributed by atoms with Crippen molar-refractivity contribution < 1.29 is 0 Å². The molecule has 248 valence electrons. The molecule has 9 rings (SSSR count). The maximum Gasteiger partial charge on any atom is 0.0556 e. The summed E-state index contributed by atoms with van der Waals surface area (Å²) < 4.78 is 0. The summed E-state index contributed by atoms with van der Waals surface area (Å²) in [5.41, 5.74) is 21.4. The van der Waals surface area contributed by atoms with Gasteiger partial charge in [0.2, 0.25) is 0 Å². The summed E-state index contributed by atoms with van der Waals surface area (Å²) in [4.78, 5) is 2.63. The van der Waals surface area contributed by atoms with Crippen molar-refractivity contribution in [2.75, 3.05) is 4.90 Å². The predicted octanol–water partition coefficient (Wildman–Crippen LogP) is 13.4. The van der Waals surface area contributed by atoms with E-state index in [1.54, 1.807) is 0 Å². The van der Waals surface area contributed by atoms with Crippen molar-refractivity contribution in [1.82, 2.24) is 0 Å². The van der Waals surface area contributed by atoms with Crippen LogP contribution in [0.2, 0.25) is 0 Å². The molecule has 1 nitrogen and oxygen atoms in total. The van der Waals surface area contributed by atoms with Gasteiger partial charge in [0.25, 0.3) is 0 Å². The Morgan fingerprint density at radius 3 is 1.38 bits per heavy atom. The van der Waals surface area contributed by atoms with Crippen LogP contribution in [0.3, 0.4) is 0 Å². The van der Waals surface area contributed by atoms with Crippen LogP contribution in [0.15, 0.2) is 121 Å². The van der Waals surface area contributed by atoms with Crippen LogP contribution in [0.1, 0.15) is 101 Å². The van der Waals surface area contributed by atoms with E-state index in [1.165, 1.54) is 89.4 Å². The molecule has 6 aromatic carbocycles. The first-order chi connectivity index (χ1) is 23.8. The number of rotatable bonds is 3. The van der Waals surface area contributed by atoms with Crippen LogP contribution in [-0.2, 0) is 21.7 Å². The molecule has 0 atom stereocenters. The van der Waals surface area contributed by atoms with Crippen molar-refractivity contribution in [3.8, 4) is 33.4 Å². The van der Waals surface area contributed by atoms with Gasteiger partial charge >= 0.3 is 0 Å². The highest BCUT2D eigenvalue weighted by atomic mass is 15.2. The number of para-hydroxylation sites is 1. The molecule has 0 saturated carbocycles. The van der Waals surface area contributed by atoms with Crippen LogP contribution >= 0.6 is 0 Å². The summed E-state index contributed by atoms with van der Waals surface area (Å²) in [6.07, 6.45) is 0. The summed E-state index contributed by atoms with van der Waals surface area (Å²) in [7, 11) is 0. The summed E-state index contributed by atoms with van der Waals surface area (Å²) in [6.45, 7) is 21.9. The van der Waals surface area contributed by atoms with Gasteiger partial charge in [-0.1, -0.05) is 159 Å². The second kappa shape index (κ2) is 10.1. The van der Waals surface area contributed by atoms with Gasteiger partial charge in [-0.05, 0) is 102 Å². The minimum Gasteiger partial charge on any atom is -0.310 e. The molecule has 6 aromatic rings. The van der Waals surface area contributed by atoms with E-state index in [1.807, 2.05) is 0 Å². The van der Waals surface area contributed by atoms with Crippen LogP contribution in [0.5, 0.6) is 0 Å². The van der Waals surface area contributed by atoms with Gasteiger partial charge in [-0.25, -0.2) is 0 Å². The second-order valence-electron chi connectivity index (χ2n) is 17.4. The van der Waals surface area contributed by atoms with Gasteiger partial charge in [0, 0.05) is 27.6 Å². The zero-order valence-corrected chi connectivity index (χ0v) is 31.0. The van der Waals surface area contributed by atoms with Crippen LogP contribution < -0.4 is 4.90 Å². The lowest BCUT2D eigenvalue weighted by molar-refractivity contribution is 0.587. The Hall–Kier alpha value is -4.88. The summed E-state index contributed by atoms with van der Waals surface area (Å²) in [6, 6.07) is 45.8. The first-order valence-corrected chi connectivity index (χ1v) is 18.3. The third-order valence-electron chi connectivity index (χ3n) is 12.3. The molecule has 3 aliphatic carbocycles. The smallest absolute Gasteiger partial charge is 0.0556 e. The molecule has 1 heteroatoms. The van der Waals surface area contributed by atoms with Crippen molar-refractivity contribution in [2.45, 2.75) is 84.0 Å². The normalized spacial score (nSPS) is 16.6. The van der Waals surface area contributed by atoms with Gasteiger partial charge in [0.15, 0.2) is 0 Å². The predicted molar refractivity (Wildman–Crippen MR) is 213 cm³/mol. The Balaban J connectivity index is 1.47. The van der Waals surface area contributed by atoms with E-state index in [0.717, 1.165) is 0 Å². The van der Waals surface area contributed by atoms with Gasteiger partial charge in [0.1, 0.15) is 0 Å². The number of benzene rings is 6. The van der Waals surface area contributed by atoms with E-state index in [9.17, 15) is 0 Å². The molecule has 0 aromatic heterocycles. The third kappa shape index (κ3) is 3.95. The quantitative estimate of drug-likeness (QED) is 0.184. The van der Waals surface area contributed by atoms with Crippen molar-refractivity contribution >= 4 is 17.1 Å². The number of hydrogen-bond donors (Lipinski definition) is 0. The topological polar surface area (TPSA) is 3.24 Å². The Kier molecular flexibility index (Phi) is 6.29. The first kappa shape index (κ1) is 31.1. The maximum absolute atomic E-state index is 2.63. The average Bonchev–Trinajstić information content (AvgIpc) is 3.58. The highest BCUT2D eigenvalue weighted by Gasteiger charge is 2.50. The highest BCUT2D eigenvalue weighted by Crippen LogP contribution is 2.66. The minimum absolute atomic E-state index is 0.0886. The van der Waals surface area contributed by atoms with E-state index in [4.69, 9.17) is 0 Å². The molecule has 0 bridgehead atoms. The SMILES string of the molecule is CC(C)(C)c1c2c(c(N(c3ccccc3)c3ccc4c(c3)C(C)(C)c3ccccc3-4)c3c1-c1ccccc1C3(C)C)C(C)(C)c1ccccc1-2. The van der Waals surface area contributed by atoms with Crippen molar-refractivity contribution in [3.05, 3.63) is 160 Å². The molecule has 3 aliphatic rings. The molecular weight excluding hydrogens is 603 g/mol. The molecule has 50 heavy (non-hydrogen) atoms.